The van der Waals surface area contributed by atoms with E-state index in [9.17, 15) is 4.79 Å². The van der Waals surface area contributed by atoms with E-state index in [1.54, 1.807) is 0 Å². The summed E-state index contributed by atoms with van der Waals surface area (Å²) in [5.41, 5.74) is 8.13. The zero-order chi connectivity index (χ0) is 25.6. The third-order valence-corrected chi connectivity index (χ3v) is 6.64. The molecule has 35 heavy (non-hydrogen) atoms. The summed E-state index contributed by atoms with van der Waals surface area (Å²) in [7, 11) is 0. The number of nitrogens with one attached hydrogen (secondary N) is 2. The van der Waals surface area contributed by atoms with E-state index in [1.807, 2.05) is 50.3 Å². The van der Waals surface area contributed by atoms with Gasteiger partial charge in [0.25, 0.3) is 0 Å². The van der Waals surface area contributed by atoms with Crippen LogP contribution in [-0.2, 0) is 9.53 Å². The lowest BCUT2D eigenvalue weighted by molar-refractivity contribution is -0.124. The van der Waals surface area contributed by atoms with Gasteiger partial charge in [-0.05, 0) is 69.2 Å². The molecule has 7 heteroatoms. The second kappa shape index (κ2) is 15.8. The van der Waals surface area contributed by atoms with Gasteiger partial charge in [-0.2, -0.15) is 0 Å². The van der Waals surface area contributed by atoms with Crippen molar-refractivity contribution in [3.63, 3.8) is 0 Å². The van der Waals surface area contributed by atoms with Crippen LogP contribution in [0.15, 0.2) is 47.2 Å². The van der Waals surface area contributed by atoms with Crippen LogP contribution in [0, 0.1) is 17.8 Å². The number of allylic oxidation sites excluding steroid dienone is 6. The fraction of sp³-hybridized carbons (Fsp3) is 0.571. The molecule has 1 amide bonds. The molecular formula is C28H43ClN4O2. The van der Waals surface area contributed by atoms with Crippen LogP contribution >= 0.6 is 11.6 Å². The summed E-state index contributed by atoms with van der Waals surface area (Å²) in [6, 6.07) is 5.86. The van der Waals surface area contributed by atoms with E-state index in [2.05, 4.69) is 24.5 Å². The van der Waals surface area contributed by atoms with Crippen molar-refractivity contribution in [1.29, 1.82) is 0 Å². The number of carbonyl (C=O) groups is 1. The number of aromatic nitrogens is 1. The van der Waals surface area contributed by atoms with Crippen molar-refractivity contribution in [2.24, 2.45) is 23.5 Å². The van der Waals surface area contributed by atoms with Gasteiger partial charge in [0.05, 0.1) is 11.6 Å². The lowest BCUT2D eigenvalue weighted by atomic mass is 9.92. The van der Waals surface area contributed by atoms with E-state index < -0.39 is 0 Å². The molecule has 1 fully saturated rings. The molecule has 0 bridgehead atoms. The molecule has 1 saturated heterocycles. The van der Waals surface area contributed by atoms with Crippen molar-refractivity contribution in [3.05, 3.63) is 52.9 Å². The van der Waals surface area contributed by atoms with Crippen LogP contribution in [0.4, 0.5) is 5.82 Å². The van der Waals surface area contributed by atoms with Gasteiger partial charge >= 0.3 is 0 Å². The van der Waals surface area contributed by atoms with E-state index in [0.717, 1.165) is 68.9 Å². The Hall–Kier alpha value is -2.15. The highest BCUT2D eigenvalue weighted by molar-refractivity contribution is 6.34. The number of rotatable bonds is 13. The van der Waals surface area contributed by atoms with Crippen molar-refractivity contribution in [2.45, 2.75) is 59.8 Å². The van der Waals surface area contributed by atoms with Crippen molar-refractivity contribution in [1.82, 2.24) is 10.3 Å². The molecule has 2 heterocycles. The first-order valence-corrected chi connectivity index (χ1v) is 13.3. The fourth-order valence-electron chi connectivity index (χ4n) is 4.34. The van der Waals surface area contributed by atoms with Gasteiger partial charge in [-0.15, -0.1) is 0 Å². The first-order valence-electron chi connectivity index (χ1n) is 12.9. The highest BCUT2D eigenvalue weighted by atomic mass is 35.5. The Morgan fingerprint density at radius 3 is 2.74 bits per heavy atom. The van der Waals surface area contributed by atoms with E-state index in [-0.39, 0.29) is 11.8 Å². The number of carbonyl (C=O) groups excluding carboxylic acids is 1. The van der Waals surface area contributed by atoms with E-state index in [1.165, 1.54) is 0 Å². The second-order valence-electron chi connectivity index (χ2n) is 9.49. The summed E-state index contributed by atoms with van der Waals surface area (Å²) in [4.78, 5) is 17.7. The van der Waals surface area contributed by atoms with Crippen molar-refractivity contribution in [3.8, 4) is 0 Å². The zero-order valence-electron chi connectivity index (χ0n) is 21.8. The number of halogens is 1. The Morgan fingerprint density at radius 2 is 2.09 bits per heavy atom. The van der Waals surface area contributed by atoms with Crippen LogP contribution in [-0.4, -0.2) is 37.2 Å². The van der Waals surface area contributed by atoms with Gasteiger partial charge in [0.2, 0.25) is 5.91 Å². The van der Waals surface area contributed by atoms with Gasteiger partial charge in [-0.3, -0.25) is 4.79 Å². The lowest BCUT2D eigenvalue weighted by Crippen LogP contribution is -2.35. The van der Waals surface area contributed by atoms with Crippen LogP contribution in [0.25, 0.3) is 5.57 Å². The number of hydrogen-bond acceptors (Lipinski definition) is 5. The van der Waals surface area contributed by atoms with Gasteiger partial charge in [-0.1, -0.05) is 50.4 Å². The number of nitrogens with zero attached hydrogens (tertiary/aromatic N) is 1. The summed E-state index contributed by atoms with van der Waals surface area (Å²) in [6.45, 7) is 11.0. The first kappa shape index (κ1) is 29.1. The van der Waals surface area contributed by atoms with E-state index >= 15 is 0 Å². The van der Waals surface area contributed by atoms with Gasteiger partial charge in [-0.25, -0.2) is 4.98 Å². The van der Waals surface area contributed by atoms with Crippen LogP contribution in [0.1, 0.15) is 65.5 Å². The Morgan fingerprint density at radius 1 is 1.34 bits per heavy atom. The van der Waals surface area contributed by atoms with Crippen LogP contribution in [0.5, 0.6) is 0 Å². The highest BCUT2D eigenvalue weighted by Crippen LogP contribution is 2.25. The van der Waals surface area contributed by atoms with Crippen molar-refractivity contribution < 1.29 is 9.53 Å². The van der Waals surface area contributed by atoms with Gasteiger partial charge in [0.15, 0.2) is 0 Å². The standard InChI is InChI=1S/C28H43ClN4O2/c1-5-8-20(3)16-23(18-30)28(34)32-21(4)17-24(25(29)9-6-2)26-10-7-11-27(33-26)31-19-22-12-14-35-15-13-22/h6-7,9-11,17,20,22-23H,5,8,12-16,18-19,30H2,1-4H3,(H,31,33)(H,32,34)/b9-6+,21-17+,25-24-/t20-,23?/m1/s1. The Balaban J connectivity index is 2.18. The average Bonchev–Trinajstić information content (AvgIpc) is 2.85. The molecule has 0 radical (unpaired) electrons. The molecule has 2 rings (SSSR count). The predicted octanol–water partition coefficient (Wildman–Crippen LogP) is 5.87. The summed E-state index contributed by atoms with van der Waals surface area (Å²) < 4.78 is 5.45. The third kappa shape index (κ3) is 10.2. The molecule has 0 spiro atoms. The lowest BCUT2D eigenvalue weighted by Gasteiger charge is -2.22. The molecule has 1 aromatic heterocycles. The maximum absolute atomic E-state index is 12.9. The number of pyridine rings is 1. The van der Waals surface area contributed by atoms with E-state index in [4.69, 9.17) is 27.1 Å². The molecule has 194 valence electrons. The average molecular weight is 503 g/mol. The predicted molar refractivity (Wildman–Crippen MR) is 147 cm³/mol. The molecule has 1 aliphatic heterocycles. The fourth-order valence-corrected chi connectivity index (χ4v) is 4.62. The molecule has 1 unspecified atom stereocenters. The summed E-state index contributed by atoms with van der Waals surface area (Å²) >= 11 is 6.65. The molecule has 0 aromatic carbocycles. The number of hydrogen-bond donors (Lipinski definition) is 3. The van der Waals surface area contributed by atoms with Gasteiger partial charge < -0.3 is 21.1 Å². The molecule has 4 N–H and O–H groups in total. The smallest absolute Gasteiger partial charge is 0.228 e. The quantitative estimate of drug-likeness (QED) is 0.293. The Bertz CT molecular complexity index is 891. The van der Waals surface area contributed by atoms with E-state index in [0.29, 0.717) is 29.1 Å². The van der Waals surface area contributed by atoms with Crippen LogP contribution in [0.3, 0.4) is 0 Å². The molecule has 2 atom stereocenters. The van der Waals surface area contributed by atoms with Gasteiger partial charge in [0.1, 0.15) is 5.82 Å². The number of ether oxygens (including phenoxy) is 1. The number of nitrogens with two attached hydrogens (primary N) is 1. The second-order valence-corrected chi connectivity index (χ2v) is 9.89. The normalized spacial score (nSPS) is 17.7. The molecule has 1 aliphatic rings. The highest BCUT2D eigenvalue weighted by Gasteiger charge is 2.20. The summed E-state index contributed by atoms with van der Waals surface area (Å²) in [6.07, 6.45) is 10.7. The van der Waals surface area contributed by atoms with Crippen LogP contribution in [0.2, 0.25) is 0 Å². The molecule has 1 aromatic rings. The third-order valence-electron chi connectivity index (χ3n) is 6.31. The van der Waals surface area contributed by atoms with Crippen LogP contribution < -0.4 is 16.4 Å². The minimum Gasteiger partial charge on any atom is -0.381 e. The first-order chi connectivity index (χ1) is 16.9. The maximum Gasteiger partial charge on any atom is 0.228 e. The molecule has 6 nitrogen and oxygen atoms in total. The largest absolute Gasteiger partial charge is 0.381 e. The molecular weight excluding hydrogens is 460 g/mol. The maximum atomic E-state index is 12.9. The van der Waals surface area contributed by atoms with Gasteiger partial charge in [0, 0.05) is 42.6 Å². The topological polar surface area (TPSA) is 89.3 Å². The number of amides is 1. The summed E-state index contributed by atoms with van der Waals surface area (Å²) in [5, 5.41) is 7.05. The molecule has 0 aliphatic carbocycles. The minimum absolute atomic E-state index is 0.0504. The minimum atomic E-state index is -0.214. The Kier molecular flexibility index (Phi) is 13.1. The monoisotopic (exact) mass is 502 g/mol. The summed E-state index contributed by atoms with van der Waals surface area (Å²) in [5.74, 6) is 1.59. The molecule has 0 saturated carbocycles. The number of anilines is 1. The Labute approximate surface area is 216 Å². The SMILES string of the molecule is C/C=C/C(Cl)=C(\C=C(/C)NC(=O)C(CN)C[C@H](C)CCC)c1cccc(NCC2CCOCC2)n1. The zero-order valence-corrected chi connectivity index (χ0v) is 22.5. The van der Waals surface area contributed by atoms with Crippen molar-refractivity contribution in [2.75, 3.05) is 31.6 Å². The van der Waals surface area contributed by atoms with Crippen molar-refractivity contribution >= 4 is 28.9 Å².